The highest BCUT2D eigenvalue weighted by Crippen LogP contribution is 2.65. The molecule has 7 atom stereocenters. The maximum atomic E-state index is 14.1. The van der Waals surface area contributed by atoms with Gasteiger partial charge in [0.1, 0.15) is 12.2 Å². The van der Waals surface area contributed by atoms with E-state index in [4.69, 9.17) is 23.4 Å². The molecule has 0 spiro atoms. The summed E-state index contributed by atoms with van der Waals surface area (Å²) in [5.74, 6) is -3.31. The smallest absolute Gasteiger partial charge is 0.310 e. The van der Waals surface area contributed by atoms with Crippen LogP contribution < -0.4 is 0 Å². The Morgan fingerprint density at radius 2 is 1.91 bits per heavy atom. The van der Waals surface area contributed by atoms with Crippen LogP contribution in [0.25, 0.3) is 0 Å². The summed E-state index contributed by atoms with van der Waals surface area (Å²) in [6.07, 6.45) is 3.54. The quantitative estimate of drug-likeness (QED) is 0.481. The summed E-state index contributed by atoms with van der Waals surface area (Å²) < 4.78 is 27.7. The molecular weight excluding hydrogens is 428 g/mol. The lowest BCUT2D eigenvalue weighted by Gasteiger charge is -2.61. The molecule has 1 aliphatic heterocycles. The lowest BCUT2D eigenvalue weighted by Crippen LogP contribution is -2.65. The molecular formula is C25H34O8. The number of carbonyl (C=O) groups excluding carboxylic acids is 3. The Bertz CT molecular complexity index is 921. The number of furan rings is 1. The Kier molecular flexibility index (Phi) is 5.98. The van der Waals surface area contributed by atoms with Gasteiger partial charge in [-0.2, -0.15) is 0 Å². The molecule has 8 heteroatoms. The summed E-state index contributed by atoms with van der Waals surface area (Å²) in [5.41, 5.74) is -0.616. The van der Waals surface area contributed by atoms with Crippen molar-refractivity contribution in [3.63, 3.8) is 0 Å². The fourth-order valence-corrected chi connectivity index (χ4v) is 6.65. The molecule has 2 heterocycles. The maximum Gasteiger partial charge on any atom is 0.310 e. The molecule has 2 aliphatic carbocycles. The van der Waals surface area contributed by atoms with Gasteiger partial charge in [0, 0.05) is 18.6 Å². The summed E-state index contributed by atoms with van der Waals surface area (Å²) in [6, 6.07) is 1.77. The highest BCUT2D eigenvalue weighted by molar-refractivity contribution is 5.92. The Balaban J connectivity index is 1.78. The van der Waals surface area contributed by atoms with Gasteiger partial charge < -0.3 is 23.4 Å². The molecule has 0 bridgehead atoms. The summed E-state index contributed by atoms with van der Waals surface area (Å²) >= 11 is 0. The summed E-state index contributed by atoms with van der Waals surface area (Å²) in [6.45, 7) is 7.45. The van der Waals surface area contributed by atoms with Gasteiger partial charge in [-0.25, -0.2) is 0 Å². The van der Waals surface area contributed by atoms with E-state index in [2.05, 4.69) is 0 Å². The number of methoxy groups -OCH3 is 2. The Labute approximate surface area is 194 Å². The Hall–Kier alpha value is -2.19. The zero-order valence-corrected chi connectivity index (χ0v) is 20.2. The van der Waals surface area contributed by atoms with Gasteiger partial charge in [0.05, 0.1) is 31.5 Å². The lowest BCUT2D eigenvalue weighted by atomic mass is 9.43. The number of carbonyl (C=O) groups is 3. The molecule has 3 fully saturated rings. The number of Topliss-reactive ketones (excluding diaryl/α,β-unsaturated/α-hetero) is 1. The first-order chi connectivity index (χ1) is 15.5. The van der Waals surface area contributed by atoms with Crippen LogP contribution in [0.1, 0.15) is 65.0 Å². The minimum atomic E-state index is -1.01. The highest BCUT2D eigenvalue weighted by atomic mass is 16.7. The molecule has 4 rings (SSSR count). The van der Waals surface area contributed by atoms with E-state index < -0.39 is 46.6 Å². The van der Waals surface area contributed by atoms with Crippen molar-refractivity contribution >= 4 is 17.7 Å². The third-order valence-electron chi connectivity index (χ3n) is 8.42. The summed E-state index contributed by atoms with van der Waals surface area (Å²) in [7, 11) is 2.88. The maximum absolute atomic E-state index is 14.1. The van der Waals surface area contributed by atoms with E-state index in [0.717, 1.165) is 5.56 Å². The van der Waals surface area contributed by atoms with Gasteiger partial charge in [-0.15, -0.1) is 0 Å². The Morgan fingerprint density at radius 1 is 1.18 bits per heavy atom. The van der Waals surface area contributed by atoms with Crippen molar-refractivity contribution < 1.29 is 37.7 Å². The molecule has 182 valence electrons. The van der Waals surface area contributed by atoms with Gasteiger partial charge in [-0.05, 0) is 56.4 Å². The van der Waals surface area contributed by atoms with Crippen LogP contribution in [0.5, 0.6) is 0 Å². The van der Waals surface area contributed by atoms with Crippen molar-refractivity contribution in [2.75, 3.05) is 14.2 Å². The lowest BCUT2D eigenvalue weighted by molar-refractivity contribution is -0.247. The zero-order valence-electron chi connectivity index (χ0n) is 20.2. The van der Waals surface area contributed by atoms with Gasteiger partial charge in [-0.1, -0.05) is 13.8 Å². The average molecular weight is 463 g/mol. The van der Waals surface area contributed by atoms with E-state index in [0.29, 0.717) is 19.3 Å². The number of hydrogen-bond donors (Lipinski definition) is 0. The molecule has 3 aliphatic rings. The first kappa shape index (κ1) is 24.0. The summed E-state index contributed by atoms with van der Waals surface area (Å²) in [5, 5.41) is 0. The number of esters is 2. The molecule has 33 heavy (non-hydrogen) atoms. The van der Waals surface area contributed by atoms with Crippen LogP contribution in [0.4, 0.5) is 0 Å². The van der Waals surface area contributed by atoms with Gasteiger partial charge in [0.25, 0.3) is 0 Å². The average Bonchev–Trinajstić information content (AvgIpc) is 3.29. The third-order valence-corrected chi connectivity index (χ3v) is 8.42. The minimum Gasteiger partial charge on any atom is -0.472 e. The number of ether oxygens (including phenoxy) is 4. The second-order valence-electron chi connectivity index (χ2n) is 10.6. The van der Waals surface area contributed by atoms with Crippen LogP contribution >= 0.6 is 0 Å². The largest absolute Gasteiger partial charge is 0.472 e. The highest BCUT2D eigenvalue weighted by Gasteiger charge is 2.67. The van der Waals surface area contributed by atoms with Crippen molar-refractivity contribution in [2.24, 2.45) is 28.6 Å². The number of rotatable bonds is 5. The molecule has 0 unspecified atom stereocenters. The van der Waals surface area contributed by atoms with E-state index in [-0.39, 0.29) is 24.1 Å². The molecule has 1 saturated heterocycles. The van der Waals surface area contributed by atoms with Gasteiger partial charge in [0.15, 0.2) is 11.6 Å². The van der Waals surface area contributed by atoms with Crippen LogP contribution in [0, 0.1) is 28.6 Å². The van der Waals surface area contributed by atoms with Crippen LogP contribution in [0.15, 0.2) is 23.0 Å². The normalized spacial score (nSPS) is 38.8. The van der Waals surface area contributed by atoms with Gasteiger partial charge >= 0.3 is 11.9 Å². The molecule has 0 radical (unpaired) electrons. The van der Waals surface area contributed by atoms with Crippen molar-refractivity contribution in [1.29, 1.82) is 0 Å². The molecule has 0 aromatic carbocycles. The monoisotopic (exact) mass is 462 g/mol. The fourth-order valence-electron chi connectivity index (χ4n) is 6.65. The van der Waals surface area contributed by atoms with Gasteiger partial charge in [0.2, 0.25) is 0 Å². The Morgan fingerprint density at radius 3 is 2.52 bits per heavy atom. The molecule has 2 saturated carbocycles. The molecule has 0 amide bonds. The second kappa shape index (κ2) is 8.24. The van der Waals surface area contributed by atoms with E-state index in [1.165, 1.54) is 14.2 Å². The van der Waals surface area contributed by atoms with Crippen molar-refractivity contribution in [2.45, 2.75) is 71.4 Å². The van der Waals surface area contributed by atoms with Gasteiger partial charge in [-0.3, -0.25) is 14.4 Å². The fraction of sp³-hybridized carbons (Fsp3) is 0.720. The molecule has 1 aromatic heterocycles. The van der Waals surface area contributed by atoms with E-state index in [9.17, 15) is 14.4 Å². The SMILES string of the molecule is COC(=O)[C@@H]1C[C@H](OC(C)(C)OC)C(=O)[C@H]2[C@@]1(C)CC[C@H]1C(=O)O[C@@H](c3ccoc3)C[C@]21C. The van der Waals surface area contributed by atoms with Crippen LogP contribution in [-0.2, 0) is 33.3 Å². The third kappa shape index (κ3) is 3.81. The van der Waals surface area contributed by atoms with Crippen LogP contribution in [-0.4, -0.2) is 43.8 Å². The first-order valence-electron chi connectivity index (χ1n) is 11.5. The van der Waals surface area contributed by atoms with E-state index in [1.807, 2.05) is 13.8 Å². The van der Waals surface area contributed by atoms with E-state index in [1.54, 1.807) is 32.4 Å². The van der Waals surface area contributed by atoms with Crippen molar-refractivity contribution in [1.82, 2.24) is 0 Å². The first-order valence-corrected chi connectivity index (χ1v) is 11.5. The molecule has 0 N–H and O–H groups in total. The van der Waals surface area contributed by atoms with Crippen LogP contribution in [0.3, 0.4) is 0 Å². The van der Waals surface area contributed by atoms with E-state index >= 15 is 0 Å². The van der Waals surface area contributed by atoms with Crippen molar-refractivity contribution in [3.8, 4) is 0 Å². The predicted octanol–water partition coefficient (Wildman–Crippen LogP) is 3.84. The van der Waals surface area contributed by atoms with Crippen LogP contribution in [0.2, 0.25) is 0 Å². The zero-order chi connectivity index (χ0) is 24.2. The topological polar surface area (TPSA) is 101 Å². The molecule has 8 nitrogen and oxygen atoms in total. The number of cyclic esters (lactones) is 1. The number of fused-ring (bicyclic) bond motifs is 3. The predicted molar refractivity (Wildman–Crippen MR) is 116 cm³/mol. The molecule has 1 aromatic rings. The standard InChI is InChI=1S/C25H34O8/c1-23(2,30-6)33-17-11-16(21(27)29-5)24(3)9-7-15-22(28)32-18(14-8-10-31-13-14)12-25(15,4)20(24)19(17)26/h8,10,13,15-18,20H,7,9,11-12H2,1-6H3/t15-,16-,17-,18+,20-,24-,25-/m0/s1. The number of ketones is 1. The minimum absolute atomic E-state index is 0.0874. The number of hydrogen-bond acceptors (Lipinski definition) is 8. The van der Waals surface area contributed by atoms with Crippen molar-refractivity contribution in [3.05, 3.63) is 24.2 Å². The second-order valence-corrected chi connectivity index (χ2v) is 10.6. The summed E-state index contributed by atoms with van der Waals surface area (Å²) in [4.78, 5) is 40.2.